The molecule has 0 spiro atoms. The van der Waals surface area contributed by atoms with E-state index < -0.39 is 21.9 Å². The van der Waals surface area contributed by atoms with Gasteiger partial charge in [-0.15, -0.1) is 0 Å². The lowest BCUT2D eigenvalue weighted by atomic mass is 9.90. The van der Waals surface area contributed by atoms with Gasteiger partial charge in [-0.1, -0.05) is 13.0 Å². The molecule has 1 aliphatic heterocycles. The second kappa shape index (κ2) is 7.46. The molecule has 2 aromatic carbocycles. The highest BCUT2D eigenvalue weighted by molar-refractivity contribution is 7.91. The van der Waals surface area contributed by atoms with Gasteiger partial charge in [0.05, 0.1) is 17.3 Å². The van der Waals surface area contributed by atoms with Crippen LogP contribution in [0, 0.1) is 11.7 Å². The van der Waals surface area contributed by atoms with E-state index in [1.165, 1.54) is 12.1 Å². The first kappa shape index (κ1) is 19.9. The van der Waals surface area contributed by atoms with Gasteiger partial charge in [0.1, 0.15) is 11.6 Å². The normalized spacial score (nSPS) is 19.0. The summed E-state index contributed by atoms with van der Waals surface area (Å²) in [6.07, 6.45) is 3.03. The average Bonchev–Trinajstić information content (AvgIpc) is 3.53. The summed E-state index contributed by atoms with van der Waals surface area (Å²) in [5, 5.41) is 10.5. The number of benzene rings is 2. The zero-order valence-corrected chi connectivity index (χ0v) is 17.2. The summed E-state index contributed by atoms with van der Waals surface area (Å²) in [6, 6.07) is 9.13. The lowest BCUT2D eigenvalue weighted by Crippen LogP contribution is -2.24. The fourth-order valence-corrected chi connectivity index (χ4v) is 4.37. The molecule has 1 saturated carbocycles. The van der Waals surface area contributed by atoms with Crippen LogP contribution in [0.4, 0.5) is 4.39 Å². The molecule has 0 saturated heterocycles. The van der Waals surface area contributed by atoms with Gasteiger partial charge in [0.2, 0.25) is 0 Å². The molecular formula is C22H24FNO4S. The van der Waals surface area contributed by atoms with Gasteiger partial charge in [-0.25, -0.2) is 12.8 Å². The third-order valence-electron chi connectivity index (χ3n) is 5.45. The van der Waals surface area contributed by atoms with E-state index in [1.54, 1.807) is 49.3 Å². The van der Waals surface area contributed by atoms with Crippen molar-refractivity contribution in [2.45, 2.75) is 30.9 Å². The van der Waals surface area contributed by atoms with E-state index in [4.69, 9.17) is 4.74 Å². The monoisotopic (exact) mass is 417 g/mol. The van der Waals surface area contributed by atoms with Crippen LogP contribution in [-0.2, 0) is 9.84 Å². The summed E-state index contributed by atoms with van der Waals surface area (Å²) in [4.78, 5) is 1.79. The zero-order chi connectivity index (χ0) is 20.8. The van der Waals surface area contributed by atoms with Crippen molar-refractivity contribution in [1.29, 1.82) is 0 Å². The van der Waals surface area contributed by atoms with Crippen molar-refractivity contribution in [3.05, 3.63) is 65.1 Å². The molecule has 2 aromatic rings. The SMILES string of the molecule is CCS(=O)(=O)c1ccc(OCC2CC2)c(C2=CN(C)C(O)c3cc(F)ccc32)c1. The molecule has 1 fully saturated rings. The predicted octanol–water partition coefficient (Wildman–Crippen LogP) is 3.73. The fraction of sp³-hybridized carbons (Fsp3) is 0.364. The Morgan fingerprint density at radius 2 is 1.93 bits per heavy atom. The lowest BCUT2D eigenvalue weighted by molar-refractivity contribution is 0.0519. The number of nitrogens with zero attached hydrogens (tertiary/aromatic N) is 1. The third-order valence-corrected chi connectivity index (χ3v) is 7.18. The number of aliphatic hydroxyl groups excluding tert-OH is 1. The van der Waals surface area contributed by atoms with Gasteiger partial charge in [-0.3, -0.25) is 0 Å². The topological polar surface area (TPSA) is 66.8 Å². The van der Waals surface area contributed by atoms with E-state index in [2.05, 4.69) is 0 Å². The Morgan fingerprint density at radius 3 is 2.62 bits per heavy atom. The van der Waals surface area contributed by atoms with Crippen LogP contribution in [0.2, 0.25) is 0 Å². The first-order valence-corrected chi connectivity index (χ1v) is 11.4. The van der Waals surface area contributed by atoms with Crippen molar-refractivity contribution < 1.29 is 22.7 Å². The molecule has 1 unspecified atom stereocenters. The van der Waals surface area contributed by atoms with Gasteiger partial charge in [-0.2, -0.15) is 0 Å². The minimum absolute atomic E-state index is 0.00577. The van der Waals surface area contributed by atoms with Crippen molar-refractivity contribution in [1.82, 2.24) is 4.90 Å². The van der Waals surface area contributed by atoms with Crippen molar-refractivity contribution >= 4 is 15.4 Å². The van der Waals surface area contributed by atoms with Crippen LogP contribution < -0.4 is 4.74 Å². The maximum absolute atomic E-state index is 13.8. The molecule has 1 aliphatic carbocycles. The standard InChI is InChI=1S/C22H24FNO4S/c1-3-29(26,27)16-7-9-21(28-13-14-4-5-14)18(11-16)20-12-24(2)22(25)19-10-15(23)6-8-17(19)20/h6-12,14,22,25H,3-5,13H2,1-2H3. The van der Waals surface area contributed by atoms with Crippen LogP contribution in [0.15, 0.2) is 47.5 Å². The molecule has 1 atom stereocenters. The molecule has 0 radical (unpaired) electrons. The highest BCUT2D eigenvalue weighted by atomic mass is 32.2. The molecule has 0 bridgehead atoms. The molecule has 1 heterocycles. The van der Waals surface area contributed by atoms with Crippen LogP contribution in [-0.4, -0.2) is 37.8 Å². The van der Waals surface area contributed by atoms with Crippen molar-refractivity contribution in [2.75, 3.05) is 19.4 Å². The molecule has 29 heavy (non-hydrogen) atoms. The van der Waals surface area contributed by atoms with Crippen LogP contribution >= 0.6 is 0 Å². The van der Waals surface area contributed by atoms with Crippen LogP contribution in [0.1, 0.15) is 42.7 Å². The molecule has 1 N–H and O–H groups in total. The van der Waals surface area contributed by atoms with Crippen LogP contribution in [0.25, 0.3) is 5.57 Å². The molecular weight excluding hydrogens is 393 g/mol. The second-order valence-electron chi connectivity index (χ2n) is 7.63. The van der Waals surface area contributed by atoms with Crippen molar-refractivity contribution in [3.63, 3.8) is 0 Å². The Hall–Kier alpha value is -2.38. The van der Waals surface area contributed by atoms with Gasteiger partial charge < -0.3 is 14.7 Å². The molecule has 0 aromatic heterocycles. The van der Waals surface area contributed by atoms with Gasteiger partial charge in [0.15, 0.2) is 16.1 Å². The molecule has 7 heteroatoms. The average molecular weight is 418 g/mol. The molecule has 2 aliphatic rings. The summed E-state index contributed by atoms with van der Waals surface area (Å²) < 4.78 is 44.8. The minimum Gasteiger partial charge on any atom is -0.493 e. The van der Waals surface area contributed by atoms with E-state index in [0.29, 0.717) is 40.5 Å². The van der Waals surface area contributed by atoms with Crippen LogP contribution in [0.5, 0.6) is 5.75 Å². The Kier molecular flexibility index (Phi) is 5.12. The summed E-state index contributed by atoms with van der Waals surface area (Å²) in [5.74, 6) is 0.671. The van der Waals surface area contributed by atoms with E-state index in [1.807, 2.05) is 0 Å². The van der Waals surface area contributed by atoms with Gasteiger partial charge in [0.25, 0.3) is 0 Å². The van der Waals surface area contributed by atoms with Gasteiger partial charge in [0, 0.05) is 29.9 Å². The number of hydrogen-bond donors (Lipinski definition) is 1. The Labute approximate surface area is 170 Å². The third kappa shape index (κ3) is 3.89. The number of sulfone groups is 1. The van der Waals surface area contributed by atoms with Crippen molar-refractivity contribution in [3.8, 4) is 5.75 Å². The summed E-state index contributed by atoms with van der Waals surface area (Å²) in [7, 11) is -1.72. The van der Waals surface area contributed by atoms with E-state index >= 15 is 0 Å². The quantitative estimate of drug-likeness (QED) is 0.776. The summed E-state index contributed by atoms with van der Waals surface area (Å²) in [6.45, 7) is 2.18. The first-order chi connectivity index (χ1) is 13.8. The number of fused-ring (bicyclic) bond motifs is 1. The van der Waals surface area contributed by atoms with Crippen LogP contribution in [0.3, 0.4) is 0 Å². The van der Waals surface area contributed by atoms with Crippen molar-refractivity contribution in [2.24, 2.45) is 5.92 Å². The smallest absolute Gasteiger partial charge is 0.178 e. The largest absolute Gasteiger partial charge is 0.493 e. The second-order valence-corrected chi connectivity index (χ2v) is 9.91. The number of rotatable bonds is 6. The summed E-state index contributed by atoms with van der Waals surface area (Å²) >= 11 is 0. The van der Waals surface area contributed by atoms with Gasteiger partial charge >= 0.3 is 0 Å². The number of ether oxygens (including phenoxy) is 1. The number of hydrogen-bond acceptors (Lipinski definition) is 5. The lowest BCUT2D eigenvalue weighted by Gasteiger charge is -2.31. The summed E-state index contributed by atoms with van der Waals surface area (Å²) in [5.41, 5.74) is 2.39. The fourth-order valence-electron chi connectivity index (χ4n) is 3.47. The highest BCUT2D eigenvalue weighted by Crippen LogP contribution is 2.41. The number of aliphatic hydroxyl groups is 1. The number of halogens is 1. The molecule has 5 nitrogen and oxygen atoms in total. The molecule has 0 amide bonds. The first-order valence-electron chi connectivity index (χ1n) is 9.71. The van der Waals surface area contributed by atoms with E-state index in [-0.39, 0.29) is 10.6 Å². The Bertz CT molecular complexity index is 1080. The van der Waals surface area contributed by atoms with Gasteiger partial charge in [-0.05, 0) is 54.7 Å². The zero-order valence-electron chi connectivity index (χ0n) is 16.4. The minimum atomic E-state index is -3.41. The molecule has 4 rings (SSSR count). The maximum Gasteiger partial charge on any atom is 0.178 e. The van der Waals surface area contributed by atoms with E-state index in [0.717, 1.165) is 12.8 Å². The Balaban J connectivity index is 1.87. The maximum atomic E-state index is 13.8. The molecule has 154 valence electrons. The van der Waals surface area contributed by atoms with E-state index in [9.17, 15) is 17.9 Å². The predicted molar refractivity (Wildman–Crippen MR) is 109 cm³/mol. The Morgan fingerprint density at radius 1 is 1.17 bits per heavy atom. The highest BCUT2D eigenvalue weighted by Gasteiger charge is 2.28.